The summed E-state index contributed by atoms with van der Waals surface area (Å²) in [5.74, 6) is 3.11. The van der Waals surface area contributed by atoms with Gasteiger partial charge in [0.25, 0.3) is 0 Å². The first-order chi connectivity index (χ1) is 14.7. The maximum Gasteiger partial charge on any atom is 0.227 e. The van der Waals surface area contributed by atoms with Crippen LogP contribution in [0.4, 0.5) is 17.5 Å². The van der Waals surface area contributed by atoms with Crippen LogP contribution < -0.4 is 15.0 Å². The van der Waals surface area contributed by atoms with Gasteiger partial charge in [0.15, 0.2) is 0 Å². The first-order valence-electron chi connectivity index (χ1n) is 9.87. The molecular weight excluding hydrogens is 380 g/mol. The zero-order valence-corrected chi connectivity index (χ0v) is 16.9. The number of pyridine rings is 1. The molecule has 3 heterocycles. The van der Waals surface area contributed by atoms with Crippen LogP contribution in [0.15, 0.2) is 61.1 Å². The van der Waals surface area contributed by atoms with Crippen molar-refractivity contribution in [3.8, 4) is 5.75 Å². The molecule has 1 saturated heterocycles. The summed E-state index contributed by atoms with van der Waals surface area (Å²) in [6, 6.07) is 15.2. The van der Waals surface area contributed by atoms with Gasteiger partial charge >= 0.3 is 0 Å². The van der Waals surface area contributed by atoms with Gasteiger partial charge < -0.3 is 19.9 Å². The van der Waals surface area contributed by atoms with Crippen LogP contribution in [-0.2, 0) is 11.2 Å². The fourth-order valence-electron chi connectivity index (χ4n) is 3.46. The average molecular weight is 404 g/mol. The SMILES string of the molecule is COc1ccccc1CC(=O)N1CCN(c2cc(Nc3ccccn3)ncn2)CC1. The highest BCUT2D eigenvalue weighted by molar-refractivity contribution is 5.79. The summed E-state index contributed by atoms with van der Waals surface area (Å²) in [5, 5.41) is 3.18. The Hall–Kier alpha value is -3.68. The number of benzene rings is 1. The third-order valence-electron chi connectivity index (χ3n) is 5.06. The molecule has 1 aromatic carbocycles. The van der Waals surface area contributed by atoms with E-state index in [4.69, 9.17) is 4.74 Å². The number of para-hydroxylation sites is 1. The summed E-state index contributed by atoms with van der Waals surface area (Å²) >= 11 is 0. The predicted octanol–water partition coefficient (Wildman–Crippen LogP) is 2.52. The lowest BCUT2D eigenvalue weighted by Crippen LogP contribution is -2.49. The number of carbonyl (C=O) groups is 1. The topological polar surface area (TPSA) is 83.5 Å². The summed E-state index contributed by atoms with van der Waals surface area (Å²) in [6.07, 6.45) is 3.61. The zero-order valence-electron chi connectivity index (χ0n) is 16.9. The Bertz CT molecular complexity index is 990. The molecule has 3 aromatic rings. The molecule has 0 radical (unpaired) electrons. The third kappa shape index (κ3) is 4.65. The number of methoxy groups -OCH3 is 1. The summed E-state index contributed by atoms with van der Waals surface area (Å²) in [7, 11) is 1.63. The van der Waals surface area contributed by atoms with Gasteiger partial charge in [0, 0.05) is 44.0 Å². The smallest absolute Gasteiger partial charge is 0.227 e. The van der Waals surface area contributed by atoms with E-state index < -0.39 is 0 Å². The van der Waals surface area contributed by atoms with Gasteiger partial charge in [-0.25, -0.2) is 15.0 Å². The van der Waals surface area contributed by atoms with Crippen molar-refractivity contribution < 1.29 is 9.53 Å². The van der Waals surface area contributed by atoms with Crippen molar-refractivity contribution in [2.45, 2.75) is 6.42 Å². The minimum Gasteiger partial charge on any atom is -0.496 e. The maximum atomic E-state index is 12.7. The number of carbonyl (C=O) groups excluding carboxylic acids is 1. The zero-order chi connectivity index (χ0) is 20.8. The summed E-state index contributed by atoms with van der Waals surface area (Å²) in [4.78, 5) is 29.7. The second kappa shape index (κ2) is 9.21. The van der Waals surface area contributed by atoms with E-state index in [2.05, 4.69) is 25.2 Å². The molecule has 1 amide bonds. The van der Waals surface area contributed by atoms with Crippen LogP contribution in [0.1, 0.15) is 5.56 Å². The van der Waals surface area contributed by atoms with E-state index in [1.54, 1.807) is 19.6 Å². The van der Waals surface area contributed by atoms with Crippen LogP contribution in [0.25, 0.3) is 0 Å². The average Bonchev–Trinajstić information content (AvgIpc) is 2.80. The molecule has 0 unspecified atom stereocenters. The van der Waals surface area contributed by atoms with Crippen LogP contribution in [-0.4, -0.2) is 59.0 Å². The normalized spacial score (nSPS) is 13.8. The molecule has 1 aliphatic heterocycles. The molecule has 0 bridgehead atoms. The Morgan fingerprint density at radius 1 is 1.00 bits per heavy atom. The van der Waals surface area contributed by atoms with Crippen LogP contribution in [0.2, 0.25) is 0 Å². The van der Waals surface area contributed by atoms with Gasteiger partial charge in [-0.15, -0.1) is 0 Å². The Kier molecular flexibility index (Phi) is 6.03. The summed E-state index contributed by atoms with van der Waals surface area (Å²) in [6.45, 7) is 2.75. The predicted molar refractivity (Wildman–Crippen MR) is 115 cm³/mol. The van der Waals surface area contributed by atoms with E-state index in [-0.39, 0.29) is 5.91 Å². The molecule has 4 rings (SSSR count). The van der Waals surface area contributed by atoms with Gasteiger partial charge in [0.05, 0.1) is 13.5 Å². The van der Waals surface area contributed by atoms with Crippen molar-refractivity contribution in [2.75, 3.05) is 43.5 Å². The molecule has 8 nitrogen and oxygen atoms in total. The third-order valence-corrected chi connectivity index (χ3v) is 5.06. The van der Waals surface area contributed by atoms with Crippen LogP contribution in [0.5, 0.6) is 5.75 Å². The number of rotatable bonds is 6. The maximum absolute atomic E-state index is 12.7. The van der Waals surface area contributed by atoms with Crippen molar-refractivity contribution in [2.24, 2.45) is 0 Å². The number of hydrogen-bond acceptors (Lipinski definition) is 7. The number of nitrogens with one attached hydrogen (secondary N) is 1. The lowest BCUT2D eigenvalue weighted by atomic mass is 10.1. The number of ether oxygens (including phenoxy) is 1. The van der Waals surface area contributed by atoms with E-state index in [0.717, 1.165) is 36.0 Å². The Morgan fingerprint density at radius 2 is 1.80 bits per heavy atom. The second-order valence-electron chi connectivity index (χ2n) is 6.96. The molecule has 1 fully saturated rings. The number of piperazine rings is 1. The molecule has 0 spiro atoms. The van der Waals surface area contributed by atoms with Crippen LogP contribution in [0, 0.1) is 0 Å². The molecular formula is C22H24N6O2. The standard InChI is InChI=1S/C22H24N6O2/c1-30-18-7-3-2-6-17(18)14-22(29)28-12-10-27(11-13-28)21-15-20(24-16-25-21)26-19-8-4-5-9-23-19/h2-9,15-16H,10-14H2,1H3,(H,23,24,25,26). The quantitative estimate of drug-likeness (QED) is 0.676. The fraction of sp³-hybridized carbons (Fsp3) is 0.273. The summed E-state index contributed by atoms with van der Waals surface area (Å²) < 4.78 is 5.36. The lowest BCUT2D eigenvalue weighted by Gasteiger charge is -2.35. The molecule has 8 heteroatoms. The second-order valence-corrected chi connectivity index (χ2v) is 6.96. The van der Waals surface area contributed by atoms with Crippen molar-refractivity contribution in [1.82, 2.24) is 19.9 Å². The van der Waals surface area contributed by atoms with Crippen molar-refractivity contribution in [3.63, 3.8) is 0 Å². The molecule has 1 N–H and O–H groups in total. The van der Waals surface area contributed by atoms with Gasteiger partial charge in [-0.2, -0.15) is 0 Å². The highest BCUT2D eigenvalue weighted by Gasteiger charge is 2.23. The Labute approximate surface area is 175 Å². The van der Waals surface area contributed by atoms with Crippen molar-refractivity contribution >= 4 is 23.4 Å². The Morgan fingerprint density at radius 3 is 2.57 bits per heavy atom. The number of amides is 1. The van der Waals surface area contributed by atoms with Gasteiger partial charge in [-0.05, 0) is 18.2 Å². The minimum atomic E-state index is 0.111. The van der Waals surface area contributed by atoms with Gasteiger partial charge in [-0.1, -0.05) is 24.3 Å². The van der Waals surface area contributed by atoms with Gasteiger partial charge in [0.1, 0.15) is 29.5 Å². The van der Waals surface area contributed by atoms with Crippen LogP contribution >= 0.6 is 0 Å². The first-order valence-corrected chi connectivity index (χ1v) is 9.87. The van der Waals surface area contributed by atoms with Crippen LogP contribution in [0.3, 0.4) is 0 Å². The number of anilines is 3. The molecule has 2 aromatic heterocycles. The molecule has 154 valence electrons. The highest BCUT2D eigenvalue weighted by atomic mass is 16.5. The lowest BCUT2D eigenvalue weighted by molar-refractivity contribution is -0.130. The van der Waals surface area contributed by atoms with Crippen molar-refractivity contribution in [3.05, 3.63) is 66.6 Å². The van der Waals surface area contributed by atoms with E-state index >= 15 is 0 Å². The fourth-order valence-corrected chi connectivity index (χ4v) is 3.46. The molecule has 30 heavy (non-hydrogen) atoms. The monoisotopic (exact) mass is 404 g/mol. The molecule has 0 aliphatic carbocycles. The Balaban J connectivity index is 1.35. The number of hydrogen-bond donors (Lipinski definition) is 1. The van der Waals surface area contributed by atoms with Crippen molar-refractivity contribution in [1.29, 1.82) is 0 Å². The highest BCUT2D eigenvalue weighted by Crippen LogP contribution is 2.21. The number of nitrogens with zero attached hydrogens (tertiary/aromatic N) is 5. The molecule has 0 atom stereocenters. The van der Waals surface area contributed by atoms with E-state index in [1.807, 2.05) is 53.4 Å². The largest absolute Gasteiger partial charge is 0.496 e. The first kappa shape index (κ1) is 19.6. The van der Waals surface area contributed by atoms with E-state index in [9.17, 15) is 4.79 Å². The minimum absolute atomic E-state index is 0.111. The van der Waals surface area contributed by atoms with E-state index in [1.165, 1.54) is 0 Å². The molecule has 0 saturated carbocycles. The summed E-state index contributed by atoms with van der Waals surface area (Å²) in [5.41, 5.74) is 0.911. The van der Waals surface area contributed by atoms with E-state index in [0.29, 0.717) is 25.3 Å². The number of aromatic nitrogens is 3. The van der Waals surface area contributed by atoms with Gasteiger partial charge in [-0.3, -0.25) is 4.79 Å². The molecule has 1 aliphatic rings. The van der Waals surface area contributed by atoms with Gasteiger partial charge in [0.2, 0.25) is 5.91 Å².